The molecule has 1 atom stereocenters. The average Bonchev–Trinajstić information content (AvgIpc) is 2.57. The van der Waals surface area contributed by atoms with E-state index in [1.807, 2.05) is 6.20 Å². The minimum absolute atomic E-state index is 0.631. The Kier molecular flexibility index (Phi) is 6.00. The minimum atomic E-state index is 0.631. The zero-order chi connectivity index (χ0) is 12.1. The maximum atomic E-state index is 4.40. The van der Waals surface area contributed by atoms with Crippen molar-refractivity contribution in [2.75, 3.05) is 26.0 Å². The van der Waals surface area contributed by atoms with Crippen molar-refractivity contribution < 1.29 is 0 Å². The molecule has 1 rings (SSSR count). The monoisotopic (exact) mass is 351 g/mol. The summed E-state index contributed by atoms with van der Waals surface area (Å²) in [5.74, 6) is 0.631. The molecule has 0 aliphatic heterocycles. The topological polar surface area (TPSA) is 21.1 Å². The van der Waals surface area contributed by atoms with Crippen LogP contribution < -0.4 is 0 Å². The molecule has 0 bridgehead atoms. The number of nitrogens with zero attached hydrogens (tertiary/aromatic N) is 3. The van der Waals surface area contributed by atoms with Crippen LogP contribution >= 0.6 is 31.9 Å². The Hall–Kier alpha value is 0.130. The van der Waals surface area contributed by atoms with Crippen LogP contribution in [0, 0.1) is 5.92 Å². The van der Waals surface area contributed by atoms with Crippen molar-refractivity contribution in [1.29, 1.82) is 0 Å². The zero-order valence-electron chi connectivity index (χ0n) is 10.1. The normalized spacial score (nSPS) is 13.4. The Balaban J connectivity index is 2.69. The fourth-order valence-corrected chi connectivity index (χ4v) is 2.15. The van der Waals surface area contributed by atoms with Gasteiger partial charge in [-0.3, -0.25) is 4.68 Å². The van der Waals surface area contributed by atoms with Crippen LogP contribution in [-0.2, 0) is 13.0 Å². The number of alkyl halides is 1. The van der Waals surface area contributed by atoms with E-state index in [1.165, 1.54) is 5.69 Å². The molecule has 3 nitrogen and oxygen atoms in total. The van der Waals surface area contributed by atoms with Gasteiger partial charge in [0.1, 0.15) is 0 Å². The first-order chi connectivity index (χ1) is 7.54. The summed E-state index contributed by atoms with van der Waals surface area (Å²) in [5, 5.41) is 5.43. The van der Waals surface area contributed by atoms with Crippen LogP contribution in [0.15, 0.2) is 10.7 Å². The van der Waals surface area contributed by atoms with Gasteiger partial charge in [0, 0.05) is 11.9 Å². The molecule has 0 saturated heterocycles. The van der Waals surface area contributed by atoms with Crippen molar-refractivity contribution in [2.24, 2.45) is 5.92 Å². The number of likely N-dealkylation sites (N-methyl/N-ethyl adjacent to an activating group) is 1. The van der Waals surface area contributed by atoms with E-state index in [-0.39, 0.29) is 0 Å². The maximum Gasteiger partial charge on any atom is 0.0635 e. The molecule has 0 fully saturated rings. The van der Waals surface area contributed by atoms with Gasteiger partial charge in [0.25, 0.3) is 0 Å². The van der Waals surface area contributed by atoms with Gasteiger partial charge in [-0.1, -0.05) is 22.9 Å². The molecule has 0 spiro atoms. The third kappa shape index (κ3) is 4.18. The standard InChI is InChI=1S/C11H19Br2N3/c1-9(7-12)6-11-10(13)8-14-16(11)5-4-15(2)3/h8-9H,4-7H2,1-3H3. The Bertz CT molecular complexity index is 323. The lowest BCUT2D eigenvalue weighted by molar-refractivity contribution is 0.367. The highest BCUT2D eigenvalue weighted by atomic mass is 79.9. The summed E-state index contributed by atoms with van der Waals surface area (Å²) in [7, 11) is 4.17. The van der Waals surface area contributed by atoms with Gasteiger partial charge in [-0.2, -0.15) is 5.10 Å². The van der Waals surface area contributed by atoms with E-state index >= 15 is 0 Å². The molecular weight excluding hydrogens is 334 g/mol. The SMILES string of the molecule is CC(CBr)Cc1c(Br)cnn1CCN(C)C. The lowest BCUT2D eigenvalue weighted by Gasteiger charge is -2.14. The highest BCUT2D eigenvalue weighted by Gasteiger charge is 2.12. The molecule has 0 aliphatic carbocycles. The van der Waals surface area contributed by atoms with Crippen LogP contribution in [0.3, 0.4) is 0 Å². The second-order valence-corrected chi connectivity index (χ2v) is 5.93. The Morgan fingerprint density at radius 2 is 2.19 bits per heavy atom. The third-order valence-electron chi connectivity index (χ3n) is 2.46. The molecule has 92 valence electrons. The summed E-state index contributed by atoms with van der Waals surface area (Å²) in [6.45, 7) is 4.21. The molecule has 0 radical (unpaired) electrons. The van der Waals surface area contributed by atoms with Crippen molar-refractivity contribution in [3.05, 3.63) is 16.4 Å². The summed E-state index contributed by atoms with van der Waals surface area (Å²) in [6.07, 6.45) is 2.95. The first-order valence-electron chi connectivity index (χ1n) is 5.45. The van der Waals surface area contributed by atoms with E-state index in [4.69, 9.17) is 0 Å². The summed E-state index contributed by atoms with van der Waals surface area (Å²) in [6, 6.07) is 0. The van der Waals surface area contributed by atoms with E-state index < -0.39 is 0 Å². The van der Waals surface area contributed by atoms with Crippen LogP contribution in [-0.4, -0.2) is 40.7 Å². The molecule has 1 heterocycles. The van der Waals surface area contributed by atoms with Gasteiger partial charge in [-0.25, -0.2) is 0 Å². The van der Waals surface area contributed by atoms with Crippen LogP contribution in [0.2, 0.25) is 0 Å². The minimum Gasteiger partial charge on any atom is -0.308 e. The largest absolute Gasteiger partial charge is 0.308 e. The number of hydrogen-bond donors (Lipinski definition) is 0. The molecule has 1 unspecified atom stereocenters. The first kappa shape index (κ1) is 14.2. The molecule has 0 N–H and O–H groups in total. The van der Waals surface area contributed by atoms with Gasteiger partial charge in [0.2, 0.25) is 0 Å². The molecular formula is C11H19Br2N3. The van der Waals surface area contributed by atoms with Gasteiger partial charge in [-0.05, 0) is 42.4 Å². The van der Waals surface area contributed by atoms with Crippen molar-refractivity contribution in [3.8, 4) is 0 Å². The van der Waals surface area contributed by atoms with E-state index in [0.717, 1.165) is 29.3 Å². The highest BCUT2D eigenvalue weighted by Crippen LogP contribution is 2.20. The number of hydrogen-bond acceptors (Lipinski definition) is 2. The van der Waals surface area contributed by atoms with Gasteiger partial charge in [0.15, 0.2) is 0 Å². The van der Waals surface area contributed by atoms with Gasteiger partial charge < -0.3 is 4.90 Å². The van der Waals surface area contributed by atoms with Crippen molar-refractivity contribution in [3.63, 3.8) is 0 Å². The highest BCUT2D eigenvalue weighted by molar-refractivity contribution is 9.10. The number of halogens is 2. The first-order valence-corrected chi connectivity index (χ1v) is 7.37. The molecule has 16 heavy (non-hydrogen) atoms. The fraction of sp³-hybridized carbons (Fsp3) is 0.727. The van der Waals surface area contributed by atoms with Crippen molar-refractivity contribution in [2.45, 2.75) is 19.9 Å². The maximum absolute atomic E-state index is 4.40. The van der Waals surface area contributed by atoms with Crippen molar-refractivity contribution in [1.82, 2.24) is 14.7 Å². The summed E-state index contributed by atoms with van der Waals surface area (Å²) >= 11 is 7.09. The molecule has 1 aromatic heterocycles. The van der Waals surface area contributed by atoms with E-state index in [9.17, 15) is 0 Å². The van der Waals surface area contributed by atoms with E-state index in [2.05, 4.69) is 67.6 Å². The smallest absolute Gasteiger partial charge is 0.0635 e. The van der Waals surface area contributed by atoms with Crippen LogP contribution in [0.5, 0.6) is 0 Å². The molecule has 1 aromatic rings. The van der Waals surface area contributed by atoms with Gasteiger partial charge in [-0.15, -0.1) is 0 Å². The second kappa shape index (κ2) is 6.77. The predicted octanol–water partition coefficient (Wildman–Crippen LogP) is 2.78. The van der Waals surface area contributed by atoms with E-state index in [1.54, 1.807) is 0 Å². The lowest BCUT2D eigenvalue weighted by Crippen LogP contribution is -2.21. The molecule has 0 amide bonds. The van der Waals surface area contributed by atoms with Crippen LogP contribution in [0.1, 0.15) is 12.6 Å². The quantitative estimate of drug-likeness (QED) is 0.734. The fourth-order valence-electron chi connectivity index (χ4n) is 1.46. The van der Waals surface area contributed by atoms with Gasteiger partial charge in [0.05, 0.1) is 22.9 Å². The van der Waals surface area contributed by atoms with Gasteiger partial charge >= 0.3 is 0 Å². The molecule has 0 saturated carbocycles. The molecule has 0 aromatic carbocycles. The number of rotatable bonds is 6. The van der Waals surface area contributed by atoms with Crippen LogP contribution in [0.4, 0.5) is 0 Å². The zero-order valence-corrected chi connectivity index (χ0v) is 13.3. The third-order valence-corrected chi connectivity index (χ3v) is 4.23. The van der Waals surface area contributed by atoms with Crippen molar-refractivity contribution >= 4 is 31.9 Å². The molecule has 5 heteroatoms. The summed E-state index contributed by atoms with van der Waals surface area (Å²) in [5.41, 5.74) is 1.30. The predicted molar refractivity (Wildman–Crippen MR) is 75.1 cm³/mol. The summed E-state index contributed by atoms with van der Waals surface area (Å²) < 4.78 is 3.22. The Morgan fingerprint density at radius 3 is 2.75 bits per heavy atom. The summed E-state index contributed by atoms with van der Waals surface area (Å²) in [4.78, 5) is 2.17. The lowest BCUT2D eigenvalue weighted by atomic mass is 10.1. The Labute approximate surface area is 114 Å². The van der Waals surface area contributed by atoms with Crippen LogP contribution in [0.25, 0.3) is 0 Å². The second-order valence-electron chi connectivity index (χ2n) is 4.43. The van der Waals surface area contributed by atoms with E-state index in [0.29, 0.717) is 5.92 Å². The number of aromatic nitrogens is 2. The average molecular weight is 353 g/mol. The molecule has 0 aliphatic rings. The Morgan fingerprint density at radius 1 is 1.50 bits per heavy atom.